The largest absolute Gasteiger partial charge is 0.456 e. The molecule has 0 atom stereocenters. The van der Waals surface area contributed by atoms with Gasteiger partial charge in [-0.15, -0.1) is 15.3 Å². The number of hydrogen-bond acceptors (Lipinski definition) is 10. The van der Waals surface area contributed by atoms with Gasteiger partial charge in [0, 0.05) is 12.6 Å². The summed E-state index contributed by atoms with van der Waals surface area (Å²) < 4.78 is 13.1. The van der Waals surface area contributed by atoms with Crippen molar-refractivity contribution in [2.45, 2.75) is 26.4 Å². The molecule has 0 radical (unpaired) electrons. The van der Waals surface area contributed by atoms with Crippen LogP contribution in [0.3, 0.4) is 0 Å². The van der Waals surface area contributed by atoms with Crippen molar-refractivity contribution in [1.29, 1.82) is 0 Å². The second-order valence-corrected chi connectivity index (χ2v) is 8.41. The Morgan fingerprint density at radius 3 is 2.41 bits per heavy atom. The van der Waals surface area contributed by atoms with Crippen LogP contribution in [-0.4, -0.2) is 41.1 Å². The van der Waals surface area contributed by atoms with Gasteiger partial charge in [-0.1, -0.05) is 61.5 Å². The van der Waals surface area contributed by atoms with E-state index in [1.807, 2.05) is 42.5 Å². The van der Waals surface area contributed by atoms with Crippen LogP contribution in [0.4, 0.5) is 0 Å². The molecular weight excluding hydrogens is 472 g/mol. The lowest BCUT2D eigenvalue weighted by molar-refractivity contribution is 0.111. The van der Waals surface area contributed by atoms with Crippen LogP contribution in [0.5, 0.6) is 11.5 Å². The molecule has 0 bridgehead atoms. The maximum Gasteiger partial charge on any atom is 0.266 e. The van der Waals surface area contributed by atoms with Crippen molar-refractivity contribution in [2.75, 3.05) is 0 Å². The molecular formula is C26H24N8O3. The standard InChI is InChI=1S/C26H24N8O3/c1-17(2)18-9-11-20(12-10-18)36-21-13-14-22(27-15-21)26-30-28-23(37-26)16-35-31-24(19-7-5-4-6-8-19)25-29-32-33-34(25)3/h4-15,17H,16H2,1-3H3/b31-24-. The van der Waals surface area contributed by atoms with E-state index in [4.69, 9.17) is 14.0 Å². The quantitative estimate of drug-likeness (QED) is 0.213. The van der Waals surface area contributed by atoms with Crippen molar-refractivity contribution in [3.8, 4) is 23.1 Å². The molecule has 0 unspecified atom stereocenters. The molecule has 0 aliphatic heterocycles. The Labute approximate surface area is 212 Å². The maximum atomic E-state index is 5.88. The summed E-state index contributed by atoms with van der Waals surface area (Å²) in [6, 6.07) is 21.0. The van der Waals surface area contributed by atoms with Gasteiger partial charge in [-0.3, -0.25) is 0 Å². The molecule has 0 saturated heterocycles. The van der Waals surface area contributed by atoms with E-state index in [-0.39, 0.29) is 18.4 Å². The third kappa shape index (κ3) is 5.67. The fourth-order valence-corrected chi connectivity index (χ4v) is 3.44. The second kappa shape index (κ2) is 10.8. The Kier molecular flexibility index (Phi) is 6.93. The summed E-state index contributed by atoms with van der Waals surface area (Å²) in [6.07, 6.45) is 1.61. The zero-order valence-corrected chi connectivity index (χ0v) is 20.5. The highest BCUT2D eigenvalue weighted by molar-refractivity contribution is 6.10. The molecule has 3 heterocycles. The number of rotatable bonds is 9. The van der Waals surface area contributed by atoms with Gasteiger partial charge in [0.05, 0.1) is 6.20 Å². The molecule has 0 N–H and O–H groups in total. The highest BCUT2D eigenvalue weighted by atomic mass is 16.6. The molecule has 0 spiro atoms. The van der Waals surface area contributed by atoms with E-state index in [2.05, 4.69) is 61.8 Å². The highest BCUT2D eigenvalue weighted by Gasteiger charge is 2.16. The number of nitrogens with zero attached hydrogens (tertiary/aromatic N) is 8. The summed E-state index contributed by atoms with van der Waals surface area (Å²) in [6.45, 7) is 4.27. The zero-order valence-electron chi connectivity index (χ0n) is 20.5. The molecule has 0 aliphatic rings. The van der Waals surface area contributed by atoms with Crippen molar-refractivity contribution in [1.82, 2.24) is 35.4 Å². The molecule has 2 aromatic carbocycles. The van der Waals surface area contributed by atoms with Crippen LogP contribution in [0.1, 0.15) is 42.6 Å². The number of tetrazole rings is 1. The first kappa shape index (κ1) is 23.8. The maximum absolute atomic E-state index is 5.88. The highest BCUT2D eigenvalue weighted by Crippen LogP contribution is 2.25. The van der Waals surface area contributed by atoms with Crippen LogP contribution in [-0.2, 0) is 18.5 Å². The van der Waals surface area contributed by atoms with Gasteiger partial charge in [0.1, 0.15) is 17.2 Å². The molecule has 0 aliphatic carbocycles. The number of aromatic nitrogens is 7. The van der Waals surface area contributed by atoms with Crippen molar-refractivity contribution < 1.29 is 14.0 Å². The van der Waals surface area contributed by atoms with Crippen LogP contribution < -0.4 is 4.74 Å². The van der Waals surface area contributed by atoms with Gasteiger partial charge in [-0.05, 0) is 46.2 Å². The fourth-order valence-electron chi connectivity index (χ4n) is 3.44. The van der Waals surface area contributed by atoms with Crippen molar-refractivity contribution in [3.05, 3.63) is 95.8 Å². The molecule has 37 heavy (non-hydrogen) atoms. The summed E-state index contributed by atoms with van der Waals surface area (Å²) in [5.74, 6) is 2.77. The van der Waals surface area contributed by atoms with E-state index in [9.17, 15) is 0 Å². The van der Waals surface area contributed by atoms with Crippen LogP contribution >= 0.6 is 0 Å². The monoisotopic (exact) mass is 496 g/mol. The van der Waals surface area contributed by atoms with E-state index in [0.717, 1.165) is 11.3 Å². The molecule has 0 fully saturated rings. The first-order valence-electron chi connectivity index (χ1n) is 11.6. The lowest BCUT2D eigenvalue weighted by atomic mass is 10.0. The SMILES string of the molecule is CC(C)c1ccc(Oc2ccc(-c3nnc(CO/N=C(/c4ccccc4)c4nnnn4C)o3)nc2)cc1. The zero-order chi connectivity index (χ0) is 25.6. The minimum atomic E-state index is -0.0395. The molecule has 186 valence electrons. The second-order valence-electron chi connectivity index (χ2n) is 8.41. The smallest absolute Gasteiger partial charge is 0.266 e. The number of hydrogen-bond donors (Lipinski definition) is 0. The van der Waals surface area contributed by atoms with Gasteiger partial charge in [0.2, 0.25) is 5.82 Å². The summed E-state index contributed by atoms with van der Waals surface area (Å²) >= 11 is 0. The lowest BCUT2D eigenvalue weighted by Gasteiger charge is -2.08. The Morgan fingerprint density at radius 1 is 0.946 bits per heavy atom. The molecule has 0 amide bonds. The third-order valence-electron chi connectivity index (χ3n) is 5.43. The molecule has 3 aromatic heterocycles. The molecule has 5 rings (SSSR count). The predicted octanol–water partition coefficient (Wildman–Crippen LogP) is 4.54. The molecule has 5 aromatic rings. The number of aryl methyl sites for hydroxylation is 1. The van der Waals surface area contributed by atoms with Gasteiger partial charge in [-0.2, -0.15) is 0 Å². The van der Waals surface area contributed by atoms with E-state index in [0.29, 0.717) is 28.9 Å². The first-order chi connectivity index (χ1) is 18.1. The van der Waals surface area contributed by atoms with Gasteiger partial charge in [0.25, 0.3) is 11.8 Å². The normalized spacial score (nSPS) is 11.6. The summed E-state index contributed by atoms with van der Waals surface area (Å²) in [5, 5.41) is 23.9. The van der Waals surface area contributed by atoms with E-state index in [1.165, 1.54) is 10.2 Å². The van der Waals surface area contributed by atoms with Crippen molar-refractivity contribution in [3.63, 3.8) is 0 Å². The van der Waals surface area contributed by atoms with Crippen LogP contribution in [0.15, 0.2) is 82.5 Å². The van der Waals surface area contributed by atoms with Gasteiger partial charge >= 0.3 is 0 Å². The molecule has 0 saturated carbocycles. The summed E-state index contributed by atoms with van der Waals surface area (Å²) in [5.41, 5.74) is 3.04. The first-order valence-corrected chi connectivity index (χ1v) is 11.6. The third-order valence-corrected chi connectivity index (χ3v) is 5.43. The predicted molar refractivity (Wildman–Crippen MR) is 134 cm³/mol. The minimum Gasteiger partial charge on any atom is -0.456 e. The van der Waals surface area contributed by atoms with E-state index in [1.54, 1.807) is 25.4 Å². The molecule has 11 nitrogen and oxygen atoms in total. The minimum absolute atomic E-state index is 0.0395. The Morgan fingerprint density at radius 2 is 1.73 bits per heavy atom. The summed E-state index contributed by atoms with van der Waals surface area (Å²) in [7, 11) is 1.73. The fraction of sp³-hybridized carbons (Fsp3) is 0.192. The number of oxime groups is 1. The Balaban J connectivity index is 1.24. The van der Waals surface area contributed by atoms with Crippen LogP contribution in [0.25, 0.3) is 11.6 Å². The Hall–Kier alpha value is -4.93. The van der Waals surface area contributed by atoms with Gasteiger partial charge in [-0.25, -0.2) is 9.67 Å². The van der Waals surface area contributed by atoms with Crippen LogP contribution in [0.2, 0.25) is 0 Å². The lowest BCUT2D eigenvalue weighted by Crippen LogP contribution is -2.12. The Bertz CT molecular complexity index is 1480. The van der Waals surface area contributed by atoms with E-state index < -0.39 is 0 Å². The van der Waals surface area contributed by atoms with Gasteiger partial charge < -0.3 is 14.0 Å². The number of ether oxygens (including phenoxy) is 1. The van der Waals surface area contributed by atoms with E-state index >= 15 is 0 Å². The molecule has 11 heteroatoms. The van der Waals surface area contributed by atoms with Crippen LogP contribution in [0, 0.1) is 0 Å². The topological polar surface area (TPSA) is 126 Å². The average Bonchev–Trinajstić information content (AvgIpc) is 3.57. The van der Waals surface area contributed by atoms with Gasteiger partial charge in [0.15, 0.2) is 12.3 Å². The number of pyridine rings is 1. The summed E-state index contributed by atoms with van der Waals surface area (Å²) in [4.78, 5) is 9.90. The number of benzene rings is 2. The van der Waals surface area contributed by atoms with Crippen molar-refractivity contribution in [2.24, 2.45) is 12.2 Å². The average molecular weight is 497 g/mol. The van der Waals surface area contributed by atoms with Crippen molar-refractivity contribution >= 4 is 5.71 Å².